The fraction of sp³-hybridized carbons (Fsp3) is 0.0800. The van der Waals surface area contributed by atoms with Crippen LogP contribution in [0.15, 0.2) is 82.4 Å². The molecule has 35 heavy (non-hydrogen) atoms. The lowest BCUT2D eigenvalue weighted by atomic mass is 10.1. The summed E-state index contributed by atoms with van der Waals surface area (Å²) in [4.78, 5) is 33.9. The van der Waals surface area contributed by atoms with Crippen LogP contribution >= 0.6 is 0 Å². The highest BCUT2D eigenvalue weighted by Crippen LogP contribution is 2.27. The lowest BCUT2D eigenvalue weighted by molar-refractivity contribution is -0.121. The number of hydrogen-bond acceptors (Lipinski definition) is 6. The normalized spacial score (nSPS) is 11.0. The van der Waals surface area contributed by atoms with Crippen molar-refractivity contribution in [3.8, 4) is 22.8 Å². The minimum Gasteiger partial charge on any atom is -0.350 e. The van der Waals surface area contributed by atoms with E-state index in [9.17, 15) is 18.4 Å². The van der Waals surface area contributed by atoms with E-state index in [1.54, 1.807) is 48.8 Å². The highest BCUT2D eigenvalue weighted by molar-refractivity contribution is 5.93. The van der Waals surface area contributed by atoms with Gasteiger partial charge in [-0.15, -0.1) is 0 Å². The van der Waals surface area contributed by atoms with E-state index in [0.29, 0.717) is 27.9 Å². The number of carbonyl (C=O) groups excluding carboxylic acids is 1. The Morgan fingerprint density at radius 3 is 2.63 bits per heavy atom. The van der Waals surface area contributed by atoms with Gasteiger partial charge in [0.15, 0.2) is 0 Å². The number of para-hydroxylation sites is 1. The highest BCUT2D eigenvalue weighted by atomic mass is 19.1. The molecule has 0 atom stereocenters. The van der Waals surface area contributed by atoms with Crippen LogP contribution in [0.2, 0.25) is 0 Å². The molecule has 0 radical (unpaired) electrons. The quantitative estimate of drug-likeness (QED) is 0.403. The summed E-state index contributed by atoms with van der Waals surface area (Å²) in [5.41, 5.74) is 1.31. The van der Waals surface area contributed by atoms with E-state index in [1.807, 2.05) is 0 Å². The van der Waals surface area contributed by atoms with Gasteiger partial charge in [-0.2, -0.15) is 4.98 Å². The average Bonchev–Trinajstić information content (AvgIpc) is 3.36. The van der Waals surface area contributed by atoms with Crippen LogP contribution in [0.3, 0.4) is 0 Å². The van der Waals surface area contributed by atoms with Gasteiger partial charge in [0.2, 0.25) is 11.7 Å². The van der Waals surface area contributed by atoms with Crippen molar-refractivity contribution in [2.75, 3.05) is 0 Å². The largest absolute Gasteiger partial charge is 0.350 e. The van der Waals surface area contributed by atoms with Gasteiger partial charge in [-0.25, -0.2) is 8.78 Å². The maximum atomic E-state index is 13.8. The summed E-state index contributed by atoms with van der Waals surface area (Å²) in [7, 11) is 0. The Morgan fingerprint density at radius 2 is 1.83 bits per heavy atom. The summed E-state index contributed by atoms with van der Waals surface area (Å²) >= 11 is 0. The standard InChI is InChI=1S/C25H17F2N5O3/c26-17-6-5-16(20(27)11-17)13-29-22(33)14-32-21-4-2-1-3-18(21)19(12-23(32)34)25-30-24(31-35-25)15-7-9-28-10-8-15/h1-12H,13-14H2,(H,29,33). The number of aromatic nitrogens is 4. The van der Waals surface area contributed by atoms with Crippen molar-refractivity contribution in [1.29, 1.82) is 0 Å². The molecule has 1 N–H and O–H groups in total. The molecule has 0 saturated heterocycles. The van der Waals surface area contributed by atoms with Crippen molar-refractivity contribution in [1.82, 2.24) is 25.0 Å². The number of benzene rings is 2. The Bertz CT molecular complexity index is 1600. The second-order valence-electron chi connectivity index (χ2n) is 7.67. The topological polar surface area (TPSA) is 103 Å². The maximum absolute atomic E-state index is 13.8. The molecule has 0 fully saturated rings. The van der Waals surface area contributed by atoms with E-state index in [1.165, 1.54) is 16.7 Å². The SMILES string of the molecule is O=C(Cn1c(=O)cc(-c2nc(-c3ccncc3)no2)c2ccccc21)NCc1ccc(F)cc1F. The zero-order valence-electron chi connectivity index (χ0n) is 18.1. The predicted molar refractivity (Wildman–Crippen MR) is 123 cm³/mol. The number of carbonyl (C=O) groups is 1. The maximum Gasteiger partial charge on any atom is 0.259 e. The molecule has 174 valence electrons. The third kappa shape index (κ3) is 4.54. The fourth-order valence-electron chi connectivity index (χ4n) is 3.68. The summed E-state index contributed by atoms with van der Waals surface area (Å²) in [5, 5.41) is 7.19. The average molecular weight is 473 g/mol. The molecule has 2 aromatic carbocycles. The lowest BCUT2D eigenvalue weighted by Crippen LogP contribution is -2.32. The van der Waals surface area contributed by atoms with Crippen LogP contribution in [0, 0.1) is 11.6 Å². The van der Waals surface area contributed by atoms with Crippen LogP contribution in [-0.2, 0) is 17.9 Å². The molecule has 0 bridgehead atoms. The number of rotatable bonds is 6. The lowest BCUT2D eigenvalue weighted by Gasteiger charge is -2.12. The van der Waals surface area contributed by atoms with Gasteiger partial charge in [-0.05, 0) is 24.3 Å². The molecular weight excluding hydrogens is 456 g/mol. The number of nitrogens with one attached hydrogen (secondary N) is 1. The zero-order chi connectivity index (χ0) is 24.4. The molecule has 0 saturated carbocycles. The summed E-state index contributed by atoms with van der Waals surface area (Å²) in [6.07, 6.45) is 3.22. The second-order valence-corrected chi connectivity index (χ2v) is 7.67. The van der Waals surface area contributed by atoms with Crippen molar-refractivity contribution >= 4 is 16.8 Å². The van der Waals surface area contributed by atoms with Crippen molar-refractivity contribution in [3.63, 3.8) is 0 Å². The summed E-state index contributed by atoms with van der Waals surface area (Å²) in [5.74, 6) is -1.46. The molecule has 3 heterocycles. The number of halogens is 2. The van der Waals surface area contributed by atoms with E-state index < -0.39 is 23.1 Å². The summed E-state index contributed by atoms with van der Waals surface area (Å²) in [6.45, 7) is -0.440. The summed E-state index contributed by atoms with van der Waals surface area (Å²) < 4.78 is 33.7. The molecular formula is C25H17F2N5O3. The van der Waals surface area contributed by atoms with E-state index in [0.717, 1.165) is 12.1 Å². The van der Waals surface area contributed by atoms with Crippen LogP contribution in [0.4, 0.5) is 8.78 Å². The van der Waals surface area contributed by atoms with E-state index in [4.69, 9.17) is 4.52 Å². The Balaban J connectivity index is 1.44. The molecule has 5 aromatic rings. The van der Waals surface area contributed by atoms with Gasteiger partial charge in [0.1, 0.15) is 18.2 Å². The first kappa shape index (κ1) is 22.1. The van der Waals surface area contributed by atoms with Crippen LogP contribution in [0.25, 0.3) is 33.7 Å². The Kier molecular flexibility index (Phi) is 5.84. The number of amides is 1. The molecule has 0 aliphatic rings. The molecule has 0 aliphatic carbocycles. The fourth-order valence-corrected chi connectivity index (χ4v) is 3.68. The van der Waals surface area contributed by atoms with Gasteiger partial charge in [-0.3, -0.25) is 19.1 Å². The van der Waals surface area contributed by atoms with Gasteiger partial charge in [-0.1, -0.05) is 29.4 Å². The molecule has 0 spiro atoms. The number of nitrogens with zero attached hydrogens (tertiary/aromatic N) is 4. The van der Waals surface area contributed by atoms with Crippen molar-refractivity contribution in [3.05, 3.63) is 101 Å². The first-order valence-corrected chi connectivity index (χ1v) is 10.6. The van der Waals surface area contributed by atoms with Gasteiger partial charge < -0.3 is 9.84 Å². The van der Waals surface area contributed by atoms with Gasteiger partial charge in [0, 0.05) is 47.6 Å². The number of hydrogen-bond donors (Lipinski definition) is 1. The van der Waals surface area contributed by atoms with Crippen LogP contribution in [-0.4, -0.2) is 25.6 Å². The molecule has 1 amide bonds. The number of pyridine rings is 2. The van der Waals surface area contributed by atoms with Crippen LogP contribution < -0.4 is 10.9 Å². The Morgan fingerprint density at radius 1 is 1.03 bits per heavy atom. The van der Waals surface area contributed by atoms with Gasteiger partial charge >= 0.3 is 0 Å². The molecule has 0 unspecified atom stereocenters. The first-order valence-electron chi connectivity index (χ1n) is 10.6. The monoisotopic (exact) mass is 473 g/mol. The van der Waals surface area contributed by atoms with Crippen molar-refractivity contribution < 1.29 is 18.1 Å². The third-order valence-electron chi connectivity index (χ3n) is 5.41. The smallest absolute Gasteiger partial charge is 0.259 e. The van der Waals surface area contributed by atoms with Gasteiger partial charge in [0.25, 0.3) is 11.4 Å². The van der Waals surface area contributed by atoms with E-state index in [-0.39, 0.29) is 24.5 Å². The Labute approximate surface area is 196 Å². The van der Waals surface area contributed by atoms with Crippen LogP contribution in [0.1, 0.15) is 5.56 Å². The van der Waals surface area contributed by atoms with Crippen LogP contribution in [0.5, 0.6) is 0 Å². The number of fused-ring (bicyclic) bond motifs is 1. The summed E-state index contributed by atoms with van der Waals surface area (Å²) in [6, 6.07) is 14.9. The minimum atomic E-state index is -0.761. The van der Waals surface area contributed by atoms with Crippen molar-refractivity contribution in [2.45, 2.75) is 13.1 Å². The molecule has 5 rings (SSSR count). The molecule has 3 aromatic heterocycles. The predicted octanol–water partition coefficient (Wildman–Crippen LogP) is 3.71. The molecule has 10 heteroatoms. The zero-order valence-corrected chi connectivity index (χ0v) is 18.1. The molecule has 0 aliphatic heterocycles. The minimum absolute atomic E-state index is 0.133. The highest BCUT2D eigenvalue weighted by Gasteiger charge is 2.18. The first-order chi connectivity index (χ1) is 17.0. The van der Waals surface area contributed by atoms with Crippen molar-refractivity contribution in [2.24, 2.45) is 0 Å². The molecule has 8 nitrogen and oxygen atoms in total. The van der Waals surface area contributed by atoms with E-state index in [2.05, 4.69) is 20.4 Å². The third-order valence-corrected chi connectivity index (χ3v) is 5.41. The van der Waals surface area contributed by atoms with E-state index >= 15 is 0 Å². The second kappa shape index (κ2) is 9.26. The Hall–Kier alpha value is -4.73. The van der Waals surface area contributed by atoms with Gasteiger partial charge in [0.05, 0.1) is 11.1 Å².